The van der Waals surface area contributed by atoms with E-state index in [4.69, 9.17) is 0 Å². The fourth-order valence-corrected chi connectivity index (χ4v) is 2.89. The first-order chi connectivity index (χ1) is 13.9. The molecule has 29 heavy (non-hydrogen) atoms. The lowest BCUT2D eigenvalue weighted by Gasteiger charge is -2.15. The number of nitrogens with zero attached hydrogens (tertiary/aromatic N) is 4. The molecule has 2 aromatic rings. The molecule has 0 atom stereocenters. The summed E-state index contributed by atoms with van der Waals surface area (Å²) in [4.78, 5) is 34.2. The smallest absolute Gasteiger partial charge is 0.346 e. The number of aromatic nitrogens is 2. The maximum atomic E-state index is 12.3. The molecule has 2 aromatic heterocycles. The van der Waals surface area contributed by atoms with E-state index in [1.807, 2.05) is 0 Å². The van der Waals surface area contributed by atoms with Gasteiger partial charge in [0.2, 0.25) is 0 Å². The Labute approximate surface area is 165 Å². The topological polar surface area (TPSA) is 101 Å². The van der Waals surface area contributed by atoms with Crippen LogP contribution >= 0.6 is 0 Å². The molecule has 10 heteroatoms. The van der Waals surface area contributed by atoms with Crippen molar-refractivity contribution in [1.29, 1.82) is 0 Å². The number of alkyl halides is 2. The van der Waals surface area contributed by atoms with Gasteiger partial charge in [0.1, 0.15) is 11.6 Å². The van der Waals surface area contributed by atoms with Crippen molar-refractivity contribution in [3.8, 4) is 0 Å². The van der Waals surface area contributed by atoms with Crippen LogP contribution in [0.4, 0.5) is 26.1 Å². The van der Waals surface area contributed by atoms with E-state index in [0.29, 0.717) is 41.6 Å². The highest BCUT2D eigenvalue weighted by Crippen LogP contribution is 2.23. The zero-order chi connectivity index (χ0) is 21.0. The quantitative estimate of drug-likeness (QED) is 0.564. The molecule has 1 fully saturated rings. The summed E-state index contributed by atoms with van der Waals surface area (Å²) < 4.78 is 28.2. The van der Waals surface area contributed by atoms with Crippen LogP contribution in [0.25, 0.3) is 0 Å². The molecule has 0 unspecified atom stereocenters. The highest BCUT2D eigenvalue weighted by Gasteiger charge is 2.35. The van der Waals surface area contributed by atoms with E-state index in [0.717, 1.165) is 0 Å². The van der Waals surface area contributed by atoms with Gasteiger partial charge in [0.05, 0.1) is 18.5 Å². The molecule has 1 saturated heterocycles. The van der Waals surface area contributed by atoms with Crippen LogP contribution < -0.4 is 20.2 Å². The summed E-state index contributed by atoms with van der Waals surface area (Å²) in [5.41, 5.74) is 1.86. The number of carbonyl (C=O) groups excluding carboxylic acids is 2. The van der Waals surface area contributed by atoms with E-state index in [-0.39, 0.29) is 11.5 Å². The van der Waals surface area contributed by atoms with E-state index in [2.05, 4.69) is 32.0 Å². The van der Waals surface area contributed by atoms with Gasteiger partial charge in [0.25, 0.3) is 19.1 Å². The lowest BCUT2D eigenvalue weighted by Crippen LogP contribution is -2.29. The Kier molecular flexibility index (Phi) is 5.94. The van der Waals surface area contributed by atoms with Crippen LogP contribution in [0.15, 0.2) is 30.6 Å². The van der Waals surface area contributed by atoms with Gasteiger partial charge < -0.3 is 15.5 Å². The Morgan fingerprint density at radius 3 is 2.76 bits per heavy atom. The Morgan fingerprint density at radius 1 is 1.34 bits per heavy atom. The van der Waals surface area contributed by atoms with Crippen molar-refractivity contribution in [3.63, 3.8) is 0 Å². The van der Waals surface area contributed by atoms with Crippen LogP contribution in [0.2, 0.25) is 0 Å². The van der Waals surface area contributed by atoms with Crippen molar-refractivity contribution in [1.82, 2.24) is 20.0 Å². The molecule has 3 rings (SSSR count). The number of aryl methyl sites for hydroxylation is 1. The Morgan fingerprint density at radius 2 is 2.10 bits per heavy atom. The minimum atomic E-state index is -2.62. The highest BCUT2D eigenvalue weighted by molar-refractivity contribution is 6.45. The monoisotopic (exact) mass is 401 g/mol. The number of anilines is 3. The average molecular weight is 401 g/mol. The molecule has 2 N–H and O–H groups in total. The zero-order valence-electron chi connectivity index (χ0n) is 15.7. The molecule has 1 aliphatic rings. The van der Waals surface area contributed by atoms with Gasteiger partial charge in [-0.2, -0.15) is 0 Å². The number of hydrogen-bond donors (Lipinski definition) is 2. The van der Waals surface area contributed by atoms with Gasteiger partial charge >= 0.3 is 11.6 Å². The van der Waals surface area contributed by atoms with Crippen LogP contribution in [0, 0.1) is 6.92 Å². The molecule has 2 amide bonds. The second-order valence-electron chi connectivity index (χ2n) is 6.32. The van der Waals surface area contributed by atoms with Crippen LogP contribution in [-0.4, -0.2) is 53.7 Å². The number of halogens is 2. The molecule has 0 saturated carbocycles. The Balaban J connectivity index is 1.74. The first-order valence-corrected chi connectivity index (χ1v) is 8.79. The average Bonchev–Trinajstić information content (AvgIpc) is 3.07. The van der Waals surface area contributed by atoms with E-state index < -0.39 is 18.9 Å². The van der Waals surface area contributed by atoms with Crippen molar-refractivity contribution in [2.75, 3.05) is 23.3 Å². The molecule has 0 aromatic carbocycles. The maximum absolute atomic E-state index is 12.3. The largest absolute Gasteiger partial charge is 0.369 e. The number of nitrogens with one attached hydrogen (secondary N) is 2. The number of rotatable bonds is 6. The minimum absolute atomic E-state index is 0.190. The predicted molar refractivity (Wildman–Crippen MR) is 106 cm³/mol. The summed E-state index contributed by atoms with van der Waals surface area (Å²) in [6.45, 7) is 4.88. The zero-order valence-corrected chi connectivity index (χ0v) is 15.7. The van der Waals surface area contributed by atoms with E-state index in [1.54, 1.807) is 36.2 Å². The molecule has 0 spiro atoms. The fourth-order valence-electron chi connectivity index (χ4n) is 2.89. The second-order valence-corrected chi connectivity index (χ2v) is 6.32. The number of amides is 2. The minimum Gasteiger partial charge on any atom is -0.346 e. The summed E-state index contributed by atoms with van der Waals surface area (Å²) in [5.74, 6) is 0.0742. The molecule has 1 aliphatic heterocycles. The number of hydrogen-bond acceptors (Lipinski definition) is 5. The molecule has 0 bridgehead atoms. The molecule has 8 nitrogen and oxygen atoms in total. The third kappa shape index (κ3) is 4.61. The Hall–Kier alpha value is -3.65. The van der Waals surface area contributed by atoms with Crippen LogP contribution in [0.5, 0.6) is 0 Å². The summed E-state index contributed by atoms with van der Waals surface area (Å²) >= 11 is 0. The van der Waals surface area contributed by atoms with E-state index in [9.17, 15) is 18.4 Å². The molecule has 0 radical (unpaired) electrons. The maximum Gasteiger partial charge on any atom is 0.369 e. The lowest BCUT2D eigenvalue weighted by molar-refractivity contribution is -0.111. The van der Waals surface area contributed by atoms with Gasteiger partial charge in [-0.3, -0.25) is 9.59 Å². The molecular weight excluding hydrogens is 382 g/mol. The standard InChI is InChI=1S/C19H18F2N6O2/c1-11-7-16(24-9-13(11)18(28)25-10-15(20)21)26-17-8-12(3-5-23-17)27-6-4-14(22-2)19(27)29/h3,5,7-9,15H,2,4,6,10H2,1H3,(H-,23,24,25,26,28)/p+1. The third-order valence-electron chi connectivity index (χ3n) is 4.34. The van der Waals surface area contributed by atoms with E-state index >= 15 is 0 Å². The highest BCUT2D eigenvalue weighted by atomic mass is 19.3. The van der Waals surface area contributed by atoms with Crippen molar-refractivity contribution in [2.24, 2.45) is 0 Å². The van der Waals surface area contributed by atoms with Gasteiger partial charge in [-0.15, -0.1) is 0 Å². The van der Waals surface area contributed by atoms with Crippen molar-refractivity contribution in [2.45, 2.75) is 19.8 Å². The van der Waals surface area contributed by atoms with Gasteiger partial charge in [-0.1, -0.05) is 4.67 Å². The normalized spacial score (nSPS) is 13.6. The summed E-state index contributed by atoms with van der Waals surface area (Å²) in [7, 11) is 0. The van der Waals surface area contributed by atoms with Crippen molar-refractivity contribution in [3.05, 3.63) is 41.7 Å². The number of pyridine rings is 2. The fraction of sp³-hybridized carbons (Fsp3) is 0.263. The molecule has 0 aliphatic carbocycles. The summed E-state index contributed by atoms with van der Waals surface area (Å²) in [5, 5.41) is 5.16. The second kappa shape index (κ2) is 8.57. The Bertz CT molecular complexity index is 1000. The predicted octanol–water partition coefficient (Wildman–Crippen LogP) is 1.47. The van der Waals surface area contributed by atoms with Crippen molar-refractivity contribution < 1.29 is 18.4 Å². The van der Waals surface area contributed by atoms with Gasteiger partial charge in [-0.25, -0.2) is 18.7 Å². The van der Waals surface area contributed by atoms with Gasteiger partial charge in [0.15, 0.2) is 0 Å². The lowest BCUT2D eigenvalue weighted by atomic mass is 10.1. The SMILES string of the molecule is C=[N+]=C1CCN(c2ccnc(Nc3cc(C)c(C(=O)NCC(F)F)cn3)c2)C1=O. The first kappa shape index (κ1) is 20.1. The summed E-state index contributed by atoms with van der Waals surface area (Å²) in [6, 6.07) is 5.02. The number of carbonyl (C=O) groups is 2. The van der Waals surface area contributed by atoms with Crippen LogP contribution in [0.1, 0.15) is 22.3 Å². The van der Waals surface area contributed by atoms with Gasteiger partial charge in [-0.05, 0) is 24.6 Å². The van der Waals surface area contributed by atoms with E-state index in [1.165, 1.54) is 6.20 Å². The molecular formula is C19H19F2N6O2+. The summed E-state index contributed by atoms with van der Waals surface area (Å²) in [6.07, 6.45) is 0.778. The van der Waals surface area contributed by atoms with Crippen LogP contribution in [0.3, 0.4) is 0 Å². The first-order valence-electron chi connectivity index (χ1n) is 8.79. The third-order valence-corrected chi connectivity index (χ3v) is 4.34. The van der Waals surface area contributed by atoms with Gasteiger partial charge in [0, 0.05) is 30.7 Å². The molecule has 3 heterocycles. The molecule has 150 valence electrons. The van der Waals surface area contributed by atoms with Crippen molar-refractivity contribution >= 4 is 41.6 Å². The van der Waals surface area contributed by atoms with Crippen LogP contribution in [-0.2, 0) is 4.79 Å².